The number of aldehydes is 1. The molecule has 93 heavy (non-hydrogen) atoms. The van der Waals surface area contributed by atoms with Crippen molar-refractivity contribution >= 4 is 69.5 Å². The van der Waals surface area contributed by atoms with Gasteiger partial charge < -0.3 is 60.0 Å². The first-order valence-electron chi connectivity index (χ1n) is 28.6. The maximum atomic E-state index is 13.2. The number of carboxylic acids is 2. The van der Waals surface area contributed by atoms with Crippen molar-refractivity contribution in [2.24, 2.45) is 0 Å². The van der Waals surface area contributed by atoms with Gasteiger partial charge in [-0.15, -0.1) is 0 Å². The number of methoxy groups -OCH3 is 2. The Morgan fingerprint density at radius 3 is 1.43 bits per heavy atom. The summed E-state index contributed by atoms with van der Waals surface area (Å²) in [4.78, 5) is 74.9. The van der Waals surface area contributed by atoms with E-state index in [-0.39, 0.29) is 63.8 Å². The van der Waals surface area contributed by atoms with Crippen LogP contribution in [0.25, 0.3) is 45.3 Å². The number of carboxylic acid groups (broad SMARTS) is 2. The quantitative estimate of drug-likeness (QED) is 0.0279. The van der Waals surface area contributed by atoms with Crippen LogP contribution in [0.5, 0.6) is 23.0 Å². The van der Waals surface area contributed by atoms with Crippen LogP contribution in [0.1, 0.15) is 79.5 Å². The summed E-state index contributed by atoms with van der Waals surface area (Å²) < 4.78 is 29.1. The molecule has 2 heterocycles. The molecule has 6 N–H and O–H groups in total. The number of amides is 1. The monoisotopic (exact) mass is 1270 g/mol. The molecule has 0 spiro atoms. The number of phenols is 2. The third kappa shape index (κ3) is 24.5. The second-order valence-electron chi connectivity index (χ2n) is 18.9. The molecule has 0 aliphatic rings. The van der Waals surface area contributed by atoms with E-state index in [1.807, 2.05) is 167 Å². The average Bonchev–Trinajstić information content (AvgIpc) is 0.822. The number of aliphatic carboxylic acids is 2. The number of anilines is 2. The van der Waals surface area contributed by atoms with Crippen molar-refractivity contribution < 1.29 is 92.8 Å². The van der Waals surface area contributed by atoms with Gasteiger partial charge in [0, 0.05) is 56.6 Å². The summed E-state index contributed by atoms with van der Waals surface area (Å²) in [5.74, 6) is -1.14. The van der Waals surface area contributed by atoms with E-state index in [0.717, 1.165) is 36.4 Å². The topological polar surface area (TPSA) is 306 Å². The third-order valence-electron chi connectivity index (χ3n) is 12.2. The Morgan fingerprint density at radius 1 is 0.581 bits per heavy atom. The van der Waals surface area contributed by atoms with Gasteiger partial charge in [0.15, 0.2) is 29.3 Å². The van der Waals surface area contributed by atoms with Crippen molar-refractivity contribution in [2.75, 3.05) is 45.1 Å². The number of ether oxygens (including phenoxy) is 5. The smallest absolute Gasteiger partial charge is 0.550 e. The van der Waals surface area contributed by atoms with Crippen molar-refractivity contribution in [2.45, 2.75) is 54.4 Å². The average molecular weight is 1280 g/mol. The molecular weight excluding hydrogens is 1200 g/mol. The number of para-hydroxylation sites is 8. The zero-order valence-corrected chi connectivity index (χ0v) is 55.5. The number of carbonyl (C=O) groups is 4. The Bertz CT molecular complexity index is 4100. The molecule has 0 atom stereocenters. The van der Waals surface area contributed by atoms with Crippen LogP contribution in [-0.4, -0.2) is 98.6 Å². The summed E-state index contributed by atoms with van der Waals surface area (Å²) in [6.07, 6.45) is 4.16. The number of fused-ring (bicyclic) bond motifs is 2. The Hall–Kier alpha value is -10.3. The molecule has 2 aromatic heterocycles. The normalized spacial score (nSPS) is 10.2. The molecule has 10 aromatic rings. The van der Waals surface area contributed by atoms with E-state index < -0.39 is 17.9 Å². The van der Waals surface area contributed by atoms with E-state index in [1.165, 1.54) is 20.3 Å². The molecule has 0 radical (unpaired) electrons. The van der Waals surface area contributed by atoms with E-state index in [4.69, 9.17) is 54.3 Å². The molecule has 21 nitrogen and oxygen atoms in total. The number of hydrogen-bond acceptors (Lipinski definition) is 17. The number of nitrogens with one attached hydrogen (secondary N) is 1. The van der Waals surface area contributed by atoms with Gasteiger partial charge in [0.25, 0.3) is 29.0 Å². The number of nitrogens with zero attached hydrogens (tertiary/aromatic N) is 4. The van der Waals surface area contributed by atoms with Gasteiger partial charge in [0.05, 0.1) is 58.5 Å². The van der Waals surface area contributed by atoms with Gasteiger partial charge >= 0.3 is 29.6 Å². The third-order valence-corrected chi connectivity index (χ3v) is 12.2. The van der Waals surface area contributed by atoms with Crippen molar-refractivity contribution in [1.29, 1.82) is 0 Å². The zero-order valence-electron chi connectivity index (χ0n) is 53.5. The summed E-state index contributed by atoms with van der Waals surface area (Å²) in [5.41, 5.74) is 11.3. The molecular formula is C71H75N6NaO15. The number of phenolic OH excluding ortho intramolecular Hbond substituents is 2. The summed E-state index contributed by atoms with van der Waals surface area (Å²) in [7, 11) is 2.91. The molecule has 8 aromatic carbocycles. The Morgan fingerprint density at radius 2 is 0.978 bits per heavy atom. The minimum absolute atomic E-state index is 0. The number of benzene rings is 8. The number of carbonyl (C=O) groups excluding carboxylic acids is 3. The van der Waals surface area contributed by atoms with Crippen LogP contribution in [0.15, 0.2) is 210 Å². The first-order chi connectivity index (χ1) is 44.2. The first-order valence-corrected chi connectivity index (χ1v) is 28.6. The van der Waals surface area contributed by atoms with Crippen LogP contribution in [0.2, 0.25) is 0 Å². The van der Waals surface area contributed by atoms with Crippen molar-refractivity contribution in [3.05, 3.63) is 249 Å². The minimum atomic E-state index is -1.08. The summed E-state index contributed by atoms with van der Waals surface area (Å²) in [6, 6.07) is 59.7. The Balaban J connectivity index is 0.000000306. The molecule has 0 aliphatic carbocycles. The van der Waals surface area contributed by atoms with Crippen molar-refractivity contribution in [1.82, 2.24) is 19.1 Å². The molecule has 0 saturated carbocycles. The Kier molecular flexibility index (Phi) is 33.5. The van der Waals surface area contributed by atoms with Crippen molar-refractivity contribution in [3.8, 4) is 34.4 Å². The summed E-state index contributed by atoms with van der Waals surface area (Å²) in [5, 5.41) is 39.4. The fraction of sp³-hybridized carbons (Fsp3) is 0.183. The van der Waals surface area contributed by atoms with Gasteiger partial charge in [-0.1, -0.05) is 109 Å². The maximum absolute atomic E-state index is 13.2. The molecule has 0 fully saturated rings. The predicted octanol–water partition coefficient (Wildman–Crippen LogP) is 8.32. The molecule has 0 unspecified atom stereocenters. The van der Waals surface area contributed by atoms with Crippen LogP contribution < -0.4 is 66.3 Å². The second-order valence-corrected chi connectivity index (χ2v) is 18.9. The summed E-state index contributed by atoms with van der Waals surface area (Å²) in [6.45, 7) is 13.2. The van der Waals surface area contributed by atoms with Crippen LogP contribution in [0.4, 0.5) is 11.4 Å². The number of aromatic hydroxyl groups is 2. The first kappa shape index (κ1) is 77.0. The number of aromatic nitrogens is 4. The van der Waals surface area contributed by atoms with Gasteiger partial charge in [0.1, 0.15) is 11.6 Å². The van der Waals surface area contributed by atoms with Gasteiger partial charge in [-0.2, -0.15) is 0 Å². The number of rotatable bonds is 15. The minimum Gasteiger partial charge on any atom is -0.550 e. The fourth-order valence-corrected chi connectivity index (χ4v) is 8.47. The fourth-order valence-electron chi connectivity index (χ4n) is 8.47. The molecule has 0 saturated heterocycles. The summed E-state index contributed by atoms with van der Waals surface area (Å²) >= 11 is 0. The molecule has 1 amide bonds. The molecule has 0 aliphatic heterocycles. The largest absolute Gasteiger partial charge is 1.00 e. The van der Waals surface area contributed by atoms with Crippen LogP contribution in [-0.2, 0) is 23.8 Å². The van der Waals surface area contributed by atoms with Gasteiger partial charge in [-0.3, -0.25) is 33.1 Å². The zero-order chi connectivity index (χ0) is 67.6. The van der Waals surface area contributed by atoms with E-state index in [2.05, 4.69) is 15.3 Å². The number of nitrogens with two attached hydrogens (primary N) is 1. The van der Waals surface area contributed by atoms with Crippen LogP contribution in [0.3, 0.4) is 0 Å². The van der Waals surface area contributed by atoms with Crippen LogP contribution in [0, 0.1) is 6.92 Å². The Labute approximate surface area is 561 Å². The van der Waals surface area contributed by atoms with E-state index in [0.29, 0.717) is 82.2 Å². The van der Waals surface area contributed by atoms with E-state index in [9.17, 15) is 24.3 Å². The number of nitrogen functional groups attached to an aromatic ring is 1. The van der Waals surface area contributed by atoms with Gasteiger partial charge in [0.2, 0.25) is 0 Å². The van der Waals surface area contributed by atoms with Gasteiger partial charge in [-0.05, 0) is 138 Å². The van der Waals surface area contributed by atoms with E-state index in [1.54, 1.807) is 82.8 Å². The standard InChI is InChI=1S/C23H18N2O3.C15H12N2O.C13H12N2O.C8H8O3.C8H18O3.2C2H4O2.Na/c1-28-22-16(8-7-13-20(22)26)14-15-21-24-19-12-6-5-11-18(19)23(27)25(21)17-9-3-2-4-10-17;1-11-16-14-10-6-5-9-13(14)15(18)17(11)12-7-3-2-4-8-12;14-12-9-5-4-8-11(12)13(16)15-10-6-2-1-3-7-10;1-11-8-6(5-9)3-2-4-7(8)10;1-5-9-8(4,10-6-2)11-7-3;2*1-2(3)4;/h2-15,26H,1H3;2-10H,1H3;1-9H,14H2,(H,15,16);2-5,10H,1H3;5-7H2,1-4H3;2*1H3,(H,3,4);/q;;;;;;;+1/p-1/b15-14+;;;;;;;. The number of hydrogen-bond donors (Lipinski definition) is 5. The molecule has 0 bridgehead atoms. The molecule has 10 rings (SSSR count). The molecule has 480 valence electrons. The van der Waals surface area contributed by atoms with Crippen LogP contribution >= 0.6 is 0 Å². The second kappa shape index (κ2) is 40.5. The SMILES string of the molecule is CC(=O)O.CC(=O)[O-].CCOC(C)(OCC)OCC.COc1c(O)cccc1/C=C/c1nc2ccccc2c(=O)n1-c1ccccc1.COc1c(O)cccc1C=O.Cc1nc2ccccc2c(=O)n1-c1ccccc1.Nc1ccccc1C(=O)Nc1ccccc1.[Na+]. The maximum Gasteiger partial charge on any atom is 1.00 e. The predicted molar refractivity (Wildman–Crippen MR) is 356 cm³/mol. The van der Waals surface area contributed by atoms with Crippen molar-refractivity contribution in [3.63, 3.8) is 0 Å². The molecule has 22 heteroatoms. The number of aryl methyl sites for hydroxylation is 1. The van der Waals surface area contributed by atoms with E-state index >= 15 is 0 Å². The van der Waals surface area contributed by atoms with Gasteiger partial charge in [-0.25, -0.2) is 9.97 Å².